The summed E-state index contributed by atoms with van der Waals surface area (Å²) in [4.78, 5) is 0.137. The summed E-state index contributed by atoms with van der Waals surface area (Å²) in [5.41, 5.74) is 0.881. The topological polar surface area (TPSA) is 58.2 Å². The molecule has 0 aliphatic rings. The van der Waals surface area contributed by atoms with E-state index in [1.807, 2.05) is 13.8 Å². The Balaban J connectivity index is 3.03. The highest BCUT2D eigenvalue weighted by molar-refractivity contribution is 7.89. The molecule has 0 radical (unpaired) electrons. The predicted octanol–water partition coefficient (Wildman–Crippen LogP) is 1.99. The summed E-state index contributed by atoms with van der Waals surface area (Å²) < 4.78 is 26.7. The monoisotopic (exact) mass is 290 g/mol. The summed E-state index contributed by atoms with van der Waals surface area (Å²) in [6, 6.07) is 5.01. The van der Waals surface area contributed by atoms with Gasteiger partial charge in [-0.25, -0.2) is 13.1 Å². The van der Waals surface area contributed by atoms with Crippen LogP contribution in [-0.4, -0.2) is 22.0 Å². The third kappa shape index (κ3) is 4.24. The smallest absolute Gasteiger partial charge is 0.242 e. The number of sulfonamides is 1. The zero-order chi connectivity index (χ0) is 13.8. The van der Waals surface area contributed by atoms with Gasteiger partial charge in [0.15, 0.2) is 0 Å². The van der Waals surface area contributed by atoms with E-state index in [4.69, 9.17) is 11.6 Å². The summed E-state index contributed by atoms with van der Waals surface area (Å²) >= 11 is 5.96. The fourth-order valence-corrected chi connectivity index (χ4v) is 3.18. The molecule has 1 rings (SSSR count). The molecule has 1 aromatic rings. The predicted molar refractivity (Wildman–Crippen MR) is 74.2 cm³/mol. The number of hydrogen-bond donors (Lipinski definition) is 2. The zero-order valence-corrected chi connectivity index (χ0v) is 12.4. The van der Waals surface area contributed by atoms with E-state index in [-0.39, 0.29) is 15.8 Å². The molecule has 0 bridgehead atoms. The van der Waals surface area contributed by atoms with Crippen molar-refractivity contribution < 1.29 is 8.42 Å². The van der Waals surface area contributed by atoms with Crippen molar-refractivity contribution in [3.05, 3.63) is 28.8 Å². The number of rotatable bonds is 6. The second-order valence-corrected chi connectivity index (χ2v) is 6.68. The first-order valence-electron chi connectivity index (χ1n) is 5.79. The van der Waals surface area contributed by atoms with Gasteiger partial charge in [0.2, 0.25) is 10.0 Å². The largest absolute Gasteiger partial charge is 0.316 e. The Bertz CT molecular complexity index is 501. The maximum absolute atomic E-state index is 12.1. The van der Waals surface area contributed by atoms with Gasteiger partial charge in [-0.05, 0) is 30.7 Å². The van der Waals surface area contributed by atoms with Gasteiger partial charge in [0.1, 0.15) is 4.90 Å². The first-order chi connectivity index (χ1) is 8.36. The Morgan fingerprint density at radius 3 is 2.56 bits per heavy atom. The van der Waals surface area contributed by atoms with Crippen LogP contribution in [0.25, 0.3) is 0 Å². The molecule has 6 heteroatoms. The van der Waals surface area contributed by atoms with E-state index in [9.17, 15) is 8.42 Å². The molecule has 4 nitrogen and oxygen atoms in total. The molecule has 0 aliphatic carbocycles. The molecule has 0 fully saturated rings. The zero-order valence-electron chi connectivity index (χ0n) is 10.8. The van der Waals surface area contributed by atoms with Crippen molar-refractivity contribution in [3.8, 4) is 0 Å². The van der Waals surface area contributed by atoms with Crippen LogP contribution in [0.2, 0.25) is 5.02 Å². The minimum absolute atomic E-state index is 0.137. The fraction of sp³-hybridized carbons (Fsp3) is 0.500. The van der Waals surface area contributed by atoms with Gasteiger partial charge < -0.3 is 5.32 Å². The van der Waals surface area contributed by atoms with Crippen LogP contribution in [0.5, 0.6) is 0 Å². The van der Waals surface area contributed by atoms with Crippen molar-refractivity contribution in [1.29, 1.82) is 0 Å². The van der Waals surface area contributed by atoms with Gasteiger partial charge in [0, 0.05) is 13.1 Å². The van der Waals surface area contributed by atoms with Gasteiger partial charge in [0.05, 0.1) is 5.02 Å². The van der Waals surface area contributed by atoms with Crippen LogP contribution in [0.4, 0.5) is 0 Å². The van der Waals surface area contributed by atoms with Crippen molar-refractivity contribution in [2.24, 2.45) is 5.92 Å². The SMILES string of the molecule is CNCc1ccc(Cl)c(S(=O)(=O)NCC(C)C)c1. The van der Waals surface area contributed by atoms with Crippen LogP contribution in [0.1, 0.15) is 19.4 Å². The molecule has 0 aromatic heterocycles. The van der Waals surface area contributed by atoms with E-state index >= 15 is 0 Å². The van der Waals surface area contributed by atoms with Gasteiger partial charge in [-0.1, -0.05) is 31.5 Å². The van der Waals surface area contributed by atoms with Gasteiger partial charge in [-0.15, -0.1) is 0 Å². The minimum Gasteiger partial charge on any atom is -0.316 e. The van der Waals surface area contributed by atoms with Crippen LogP contribution in [0.3, 0.4) is 0 Å². The lowest BCUT2D eigenvalue weighted by atomic mass is 10.2. The molecule has 0 saturated carbocycles. The van der Waals surface area contributed by atoms with Crippen LogP contribution >= 0.6 is 11.6 Å². The number of halogens is 1. The maximum Gasteiger partial charge on any atom is 0.242 e. The van der Waals surface area contributed by atoms with Gasteiger partial charge >= 0.3 is 0 Å². The first kappa shape index (κ1) is 15.4. The summed E-state index contributed by atoms with van der Waals surface area (Å²) in [6.07, 6.45) is 0. The molecule has 0 amide bonds. The van der Waals surface area contributed by atoms with Gasteiger partial charge in [-0.2, -0.15) is 0 Å². The average molecular weight is 291 g/mol. The van der Waals surface area contributed by atoms with E-state index in [0.717, 1.165) is 5.56 Å². The van der Waals surface area contributed by atoms with E-state index in [1.165, 1.54) is 0 Å². The van der Waals surface area contributed by atoms with E-state index < -0.39 is 10.0 Å². The van der Waals surface area contributed by atoms with E-state index in [0.29, 0.717) is 13.1 Å². The molecule has 0 spiro atoms. The molecule has 0 unspecified atom stereocenters. The van der Waals surface area contributed by atoms with Crippen molar-refractivity contribution in [3.63, 3.8) is 0 Å². The molecule has 0 atom stereocenters. The van der Waals surface area contributed by atoms with Crippen molar-refractivity contribution >= 4 is 21.6 Å². The number of hydrogen-bond acceptors (Lipinski definition) is 3. The molecule has 102 valence electrons. The van der Waals surface area contributed by atoms with Crippen LogP contribution in [0.15, 0.2) is 23.1 Å². The second-order valence-electron chi connectivity index (χ2n) is 4.54. The molecular weight excluding hydrogens is 272 g/mol. The quantitative estimate of drug-likeness (QED) is 0.842. The number of benzene rings is 1. The Hall–Kier alpha value is -0.620. The van der Waals surface area contributed by atoms with Crippen LogP contribution in [-0.2, 0) is 16.6 Å². The van der Waals surface area contributed by atoms with Crippen molar-refractivity contribution in [1.82, 2.24) is 10.0 Å². The Labute approximate surface area is 114 Å². The lowest BCUT2D eigenvalue weighted by Gasteiger charge is -2.11. The van der Waals surface area contributed by atoms with Crippen molar-refractivity contribution in [2.75, 3.05) is 13.6 Å². The Morgan fingerprint density at radius 1 is 1.33 bits per heavy atom. The third-order valence-corrected chi connectivity index (χ3v) is 4.25. The van der Waals surface area contributed by atoms with E-state index in [2.05, 4.69) is 10.0 Å². The summed E-state index contributed by atoms with van der Waals surface area (Å²) in [5.74, 6) is 0.249. The normalized spacial score (nSPS) is 12.1. The fourth-order valence-electron chi connectivity index (χ4n) is 1.42. The average Bonchev–Trinajstić information content (AvgIpc) is 2.29. The Kier molecular flexibility index (Phi) is 5.59. The highest BCUT2D eigenvalue weighted by atomic mass is 35.5. The van der Waals surface area contributed by atoms with Crippen LogP contribution in [0, 0.1) is 5.92 Å². The molecule has 0 aliphatic heterocycles. The molecule has 2 N–H and O–H groups in total. The molecule has 0 heterocycles. The second kappa shape index (κ2) is 6.52. The third-order valence-electron chi connectivity index (χ3n) is 2.35. The lowest BCUT2D eigenvalue weighted by Crippen LogP contribution is -2.28. The van der Waals surface area contributed by atoms with Gasteiger partial charge in [-0.3, -0.25) is 0 Å². The summed E-state index contributed by atoms with van der Waals surface area (Å²) in [6.45, 7) is 4.89. The minimum atomic E-state index is -3.54. The summed E-state index contributed by atoms with van der Waals surface area (Å²) in [7, 11) is -1.73. The molecule has 0 saturated heterocycles. The van der Waals surface area contributed by atoms with E-state index in [1.54, 1.807) is 25.2 Å². The van der Waals surface area contributed by atoms with Gasteiger partial charge in [0.25, 0.3) is 0 Å². The molecule has 1 aromatic carbocycles. The number of nitrogens with one attached hydrogen (secondary N) is 2. The standard InChI is InChI=1S/C12H19ClN2O2S/c1-9(2)7-15-18(16,17)12-6-10(8-14-3)4-5-11(12)13/h4-6,9,14-15H,7-8H2,1-3H3. The maximum atomic E-state index is 12.1. The molecular formula is C12H19ClN2O2S. The highest BCUT2D eigenvalue weighted by Crippen LogP contribution is 2.22. The van der Waals surface area contributed by atoms with Crippen molar-refractivity contribution in [2.45, 2.75) is 25.3 Å². The first-order valence-corrected chi connectivity index (χ1v) is 7.65. The molecule has 18 heavy (non-hydrogen) atoms. The summed E-state index contributed by atoms with van der Waals surface area (Å²) in [5, 5.41) is 3.22. The van der Waals surface area contributed by atoms with Crippen LogP contribution < -0.4 is 10.0 Å². The highest BCUT2D eigenvalue weighted by Gasteiger charge is 2.18. The lowest BCUT2D eigenvalue weighted by molar-refractivity contribution is 0.560. The Morgan fingerprint density at radius 2 is 2.00 bits per heavy atom.